The van der Waals surface area contributed by atoms with Crippen molar-refractivity contribution in [3.05, 3.63) is 24.3 Å². The second-order valence-corrected chi connectivity index (χ2v) is 30.2. The number of carbonyl (C=O) groups excluding carboxylic acids is 2. The van der Waals surface area contributed by atoms with Crippen molar-refractivity contribution in [3.63, 3.8) is 0 Å². The highest BCUT2D eigenvalue weighted by molar-refractivity contribution is 5.76. The molecule has 1 rings (SSSR count). The number of aliphatic hydroxyl groups is 5. The van der Waals surface area contributed by atoms with Gasteiger partial charge in [0, 0.05) is 12.8 Å². The molecule has 0 aliphatic carbocycles. The Bertz CT molecular complexity index is 1660. The van der Waals surface area contributed by atoms with Gasteiger partial charge in [0.25, 0.3) is 0 Å². The van der Waals surface area contributed by atoms with Gasteiger partial charge in [-0.15, -0.1) is 0 Å². The number of hydrogen-bond acceptors (Lipinski definition) is 10. The molecule has 0 aromatic rings. The molecule has 1 heterocycles. The van der Waals surface area contributed by atoms with Gasteiger partial charge in [-0.3, -0.25) is 9.59 Å². The Morgan fingerprint density at radius 2 is 0.660 bits per heavy atom. The van der Waals surface area contributed by atoms with E-state index in [1.165, 1.54) is 372 Å². The number of allylic oxidation sites excluding steroid dienone is 3. The molecule has 1 aliphatic heterocycles. The molecule has 11 heteroatoms. The summed E-state index contributed by atoms with van der Waals surface area (Å²) in [7, 11) is 0. The lowest BCUT2D eigenvalue weighted by atomic mass is 9.99. The fourth-order valence-corrected chi connectivity index (χ4v) is 14.1. The van der Waals surface area contributed by atoms with Crippen LogP contribution in [0.1, 0.15) is 450 Å². The van der Waals surface area contributed by atoms with Gasteiger partial charge in [0.05, 0.1) is 32.0 Å². The van der Waals surface area contributed by atoms with Crippen LogP contribution < -0.4 is 5.32 Å². The molecule has 0 aromatic carbocycles. The lowest BCUT2D eigenvalue weighted by molar-refractivity contribution is -0.302. The molecule has 0 spiro atoms. The van der Waals surface area contributed by atoms with E-state index in [2.05, 4.69) is 31.3 Å². The van der Waals surface area contributed by atoms with Crippen molar-refractivity contribution >= 4 is 11.9 Å². The predicted octanol–water partition coefficient (Wildman–Crippen LogP) is 23.9. The Hall–Kier alpha value is -1.86. The Kier molecular flexibility index (Phi) is 72.3. The van der Waals surface area contributed by atoms with Crippen LogP contribution in [0.25, 0.3) is 0 Å². The van der Waals surface area contributed by atoms with Crippen molar-refractivity contribution < 1.29 is 49.3 Å². The fraction of sp³-hybridized carbons (Fsp3) is 0.930. The van der Waals surface area contributed by atoms with E-state index in [1.807, 2.05) is 6.08 Å². The second kappa shape index (κ2) is 75.3. The van der Waals surface area contributed by atoms with E-state index < -0.39 is 49.5 Å². The van der Waals surface area contributed by atoms with Gasteiger partial charge >= 0.3 is 5.97 Å². The molecule has 1 amide bonds. The summed E-state index contributed by atoms with van der Waals surface area (Å²) in [6.45, 7) is 4.41. The van der Waals surface area contributed by atoms with Gasteiger partial charge in [0.2, 0.25) is 5.91 Å². The van der Waals surface area contributed by atoms with Crippen molar-refractivity contribution in [1.82, 2.24) is 5.32 Å². The highest BCUT2D eigenvalue weighted by atomic mass is 16.7. The summed E-state index contributed by atoms with van der Waals surface area (Å²) in [5.41, 5.74) is 0. The maximum absolute atomic E-state index is 13.1. The molecule has 0 aromatic heterocycles. The molecule has 97 heavy (non-hydrogen) atoms. The molecular weight excluding hydrogens is 1210 g/mol. The SMILES string of the molecule is CCCCCCCCCCCCC/C=C/C(O)C(COC1OC(CO)C(O)C(O)C1O)NC(=O)CCCCCCCCCCCCCCCCCCC/C=C\CCCCCCCCCCCCCCCCCCCCOC(=O)CCCCCCCCCCCCCCCCCCC. The van der Waals surface area contributed by atoms with E-state index in [0.29, 0.717) is 19.4 Å². The monoisotopic (exact) mass is 1370 g/mol. The third-order valence-corrected chi connectivity index (χ3v) is 20.8. The number of aliphatic hydroxyl groups excluding tert-OH is 5. The molecule has 574 valence electrons. The van der Waals surface area contributed by atoms with Gasteiger partial charge in [-0.05, 0) is 57.8 Å². The Labute approximate surface area is 601 Å². The van der Waals surface area contributed by atoms with Crippen LogP contribution in [0.2, 0.25) is 0 Å². The van der Waals surface area contributed by atoms with Gasteiger partial charge in [0.1, 0.15) is 24.4 Å². The highest BCUT2D eigenvalue weighted by Crippen LogP contribution is 2.24. The minimum atomic E-state index is -1.57. The minimum Gasteiger partial charge on any atom is -0.466 e. The van der Waals surface area contributed by atoms with Crippen LogP contribution in [0.4, 0.5) is 0 Å². The van der Waals surface area contributed by atoms with Crippen molar-refractivity contribution in [1.29, 1.82) is 0 Å². The molecule has 0 bridgehead atoms. The summed E-state index contributed by atoms with van der Waals surface area (Å²) >= 11 is 0. The molecule has 1 aliphatic rings. The van der Waals surface area contributed by atoms with Gasteiger partial charge in [-0.25, -0.2) is 0 Å². The molecule has 7 atom stereocenters. The van der Waals surface area contributed by atoms with Gasteiger partial charge in [-0.2, -0.15) is 0 Å². The van der Waals surface area contributed by atoms with Gasteiger partial charge < -0.3 is 45.1 Å². The second-order valence-electron chi connectivity index (χ2n) is 30.2. The van der Waals surface area contributed by atoms with Crippen LogP contribution in [0.3, 0.4) is 0 Å². The topological polar surface area (TPSA) is 175 Å². The van der Waals surface area contributed by atoms with Crippen molar-refractivity contribution in [2.75, 3.05) is 19.8 Å². The molecule has 11 nitrogen and oxygen atoms in total. The highest BCUT2D eigenvalue weighted by Gasteiger charge is 2.44. The maximum Gasteiger partial charge on any atom is 0.305 e. The van der Waals surface area contributed by atoms with E-state index >= 15 is 0 Å². The first-order valence-electron chi connectivity index (χ1n) is 43.1. The molecule has 6 N–H and O–H groups in total. The van der Waals surface area contributed by atoms with E-state index in [9.17, 15) is 35.1 Å². The van der Waals surface area contributed by atoms with Crippen molar-refractivity contribution in [3.8, 4) is 0 Å². The summed E-state index contributed by atoms with van der Waals surface area (Å²) in [5, 5.41) is 54.6. The normalized spacial score (nSPS) is 17.3. The summed E-state index contributed by atoms with van der Waals surface area (Å²) in [4.78, 5) is 25.2. The van der Waals surface area contributed by atoms with Crippen LogP contribution in [-0.4, -0.2) is 100 Å². The summed E-state index contributed by atoms with van der Waals surface area (Å²) < 4.78 is 16.8. The van der Waals surface area contributed by atoms with Gasteiger partial charge in [0.15, 0.2) is 6.29 Å². The van der Waals surface area contributed by atoms with Crippen LogP contribution >= 0.6 is 0 Å². The average Bonchev–Trinajstić information content (AvgIpc) is 0.840. The van der Waals surface area contributed by atoms with E-state index in [0.717, 1.165) is 51.4 Å². The summed E-state index contributed by atoms with van der Waals surface area (Å²) in [5.74, 6) is -0.152. The van der Waals surface area contributed by atoms with Crippen molar-refractivity contribution in [2.45, 2.75) is 493 Å². The Morgan fingerprint density at radius 1 is 0.371 bits per heavy atom. The Morgan fingerprint density at radius 3 is 0.990 bits per heavy atom. The number of esters is 1. The first-order chi connectivity index (χ1) is 47.7. The average molecular weight is 1370 g/mol. The van der Waals surface area contributed by atoms with Crippen LogP contribution in [0.15, 0.2) is 24.3 Å². The number of ether oxygens (including phenoxy) is 3. The molecular formula is C86H165NO10. The molecule has 0 radical (unpaired) electrons. The minimum absolute atomic E-state index is 0.0219. The smallest absolute Gasteiger partial charge is 0.305 e. The number of unbranched alkanes of at least 4 members (excludes halogenated alkanes) is 62. The lowest BCUT2D eigenvalue weighted by Crippen LogP contribution is -2.60. The standard InChI is InChI=1S/C86H165NO10/c1-3-5-7-9-11-13-15-17-18-42-46-50-54-58-62-66-70-74-82(91)95-75-71-67-63-59-55-51-47-44-41-39-37-35-33-31-29-27-25-23-21-19-20-22-24-26-28-30-32-34-36-38-40-43-45-49-53-57-61-65-69-73-81(90)87-78(77-96-86-85(94)84(93)83(92)80(76-88)97-86)79(89)72-68-64-60-56-52-48-16-14-12-10-8-6-4-2/h19-20,68,72,78-80,83-86,88-89,92-94H,3-18,21-67,69-71,73-77H2,1-2H3,(H,87,90)/b20-19-,72-68+. The zero-order valence-corrected chi connectivity index (χ0v) is 64.3. The quantitative estimate of drug-likeness (QED) is 0.0195. The maximum atomic E-state index is 13.1. The number of carbonyl (C=O) groups is 2. The van der Waals surface area contributed by atoms with Gasteiger partial charge in [-0.1, -0.05) is 404 Å². The molecule has 1 fully saturated rings. The number of amides is 1. The molecule has 7 unspecified atom stereocenters. The predicted molar refractivity (Wildman–Crippen MR) is 412 cm³/mol. The van der Waals surface area contributed by atoms with Crippen LogP contribution in [0, 0.1) is 0 Å². The first-order valence-corrected chi connectivity index (χ1v) is 43.1. The zero-order valence-electron chi connectivity index (χ0n) is 64.3. The first kappa shape index (κ1) is 93.2. The van der Waals surface area contributed by atoms with Crippen LogP contribution in [0.5, 0.6) is 0 Å². The molecule has 0 saturated carbocycles. The lowest BCUT2D eigenvalue weighted by Gasteiger charge is -2.40. The van der Waals surface area contributed by atoms with E-state index in [4.69, 9.17) is 14.2 Å². The number of rotatable bonds is 78. The Balaban J connectivity index is 1.86. The third kappa shape index (κ3) is 63.6. The summed E-state index contributed by atoms with van der Waals surface area (Å²) in [6.07, 6.45) is 88.1. The fourth-order valence-electron chi connectivity index (χ4n) is 14.1. The third-order valence-electron chi connectivity index (χ3n) is 20.8. The van der Waals surface area contributed by atoms with E-state index in [-0.39, 0.29) is 18.5 Å². The zero-order chi connectivity index (χ0) is 70.1. The largest absolute Gasteiger partial charge is 0.466 e. The molecule has 1 saturated heterocycles. The van der Waals surface area contributed by atoms with Crippen molar-refractivity contribution in [2.24, 2.45) is 0 Å². The van der Waals surface area contributed by atoms with E-state index in [1.54, 1.807) is 6.08 Å². The number of nitrogens with one attached hydrogen (secondary N) is 1. The summed E-state index contributed by atoms with van der Waals surface area (Å²) in [6, 6.07) is -0.806. The van der Waals surface area contributed by atoms with Crippen LogP contribution in [-0.2, 0) is 23.8 Å². The number of hydrogen-bond donors (Lipinski definition) is 6.